The highest BCUT2D eigenvalue weighted by atomic mass is 16.6. The second-order valence-electron chi connectivity index (χ2n) is 21.3. The van der Waals surface area contributed by atoms with Gasteiger partial charge in [-0.2, -0.15) is 0 Å². The van der Waals surface area contributed by atoms with E-state index in [0.29, 0.717) is 57.8 Å². The number of fused-ring (bicyclic) bond motifs is 6. The summed E-state index contributed by atoms with van der Waals surface area (Å²) in [7, 11) is 4.67. The first-order chi connectivity index (χ1) is 31.2. The maximum absolute atomic E-state index is 15.0. The van der Waals surface area contributed by atoms with Gasteiger partial charge in [-0.3, -0.25) is 9.59 Å². The number of hydrogen-bond acceptors (Lipinski definition) is 13. The van der Waals surface area contributed by atoms with Gasteiger partial charge in [0.25, 0.3) is 11.7 Å². The molecule has 0 spiro atoms. The molecule has 3 aliphatic heterocycles. The summed E-state index contributed by atoms with van der Waals surface area (Å²) >= 11 is 0. The molecule has 4 bridgehead atoms. The van der Waals surface area contributed by atoms with E-state index in [2.05, 4.69) is 26.0 Å². The number of aliphatic hydroxyl groups is 5. The van der Waals surface area contributed by atoms with Crippen LogP contribution in [-0.4, -0.2) is 143 Å². The van der Waals surface area contributed by atoms with E-state index in [1.807, 2.05) is 46.8 Å². The molecule has 2 saturated heterocycles. The summed E-state index contributed by atoms with van der Waals surface area (Å²) in [4.78, 5) is 45.1. The number of allylic oxidation sites excluding steroid dienone is 5. The number of hydrogen-bond donors (Lipinski definition) is 5. The number of carbonyl (C=O) groups excluding carboxylic acids is 3. The monoisotopic (exact) mass is 932 g/mol. The summed E-state index contributed by atoms with van der Waals surface area (Å²) in [6.45, 7) is 15.7. The smallest absolute Gasteiger partial charge is 0.329 e. The van der Waals surface area contributed by atoms with Gasteiger partial charge in [0.1, 0.15) is 18.2 Å². The second-order valence-corrected chi connectivity index (χ2v) is 21.3. The van der Waals surface area contributed by atoms with Gasteiger partial charge in [-0.05, 0) is 113 Å². The molecule has 0 radical (unpaired) electrons. The maximum atomic E-state index is 15.0. The molecule has 0 aromatic heterocycles. The first-order valence-corrected chi connectivity index (χ1v) is 24.9. The lowest BCUT2D eigenvalue weighted by molar-refractivity contribution is -0.227. The zero-order chi connectivity index (χ0) is 48.8. The summed E-state index contributed by atoms with van der Waals surface area (Å²) in [5.41, 5.74) is 0.728. The molecule has 2 aliphatic carbocycles. The Labute approximate surface area is 394 Å². The largest absolute Gasteiger partial charge is 0.460 e. The van der Waals surface area contributed by atoms with E-state index in [0.717, 1.165) is 11.1 Å². The van der Waals surface area contributed by atoms with Crippen LogP contribution in [0.25, 0.3) is 0 Å². The van der Waals surface area contributed by atoms with Crippen molar-refractivity contribution in [3.63, 3.8) is 0 Å². The predicted molar refractivity (Wildman–Crippen MR) is 250 cm³/mol. The Bertz CT molecular complexity index is 1730. The molecular weight excluding hydrogens is 847 g/mol. The SMILES string of the molecule is CO[C@@H]1/C(C)=C/C(C)=C\C=C\[C@@H](C)C[C@@H](C)C2([C@@H]3CC[C@@H](O)[C@H](OC)C3)C(O)[C@H](OC)[C@H](O)C(C)C[C@@H](C)C(O)C[C@H](OC(=O)[C@H]3CCCCN3C(=O)C(=O)[C@]3(O)OCC1CC[C@H]3C)[C@@H]2C. The van der Waals surface area contributed by atoms with Crippen LogP contribution < -0.4 is 0 Å². The lowest BCUT2D eigenvalue weighted by Crippen LogP contribution is -2.63. The van der Waals surface area contributed by atoms with Crippen LogP contribution in [0.4, 0.5) is 0 Å². The van der Waals surface area contributed by atoms with Crippen LogP contribution in [0.3, 0.4) is 0 Å². The fourth-order valence-corrected chi connectivity index (χ4v) is 13.0. The van der Waals surface area contributed by atoms with Gasteiger partial charge in [0.15, 0.2) is 0 Å². The highest BCUT2D eigenvalue weighted by Gasteiger charge is 2.60. The summed E-state index contributed by atoms with van der Waals surface area (Å²) in [5.74, 6) is -8.47. The van der Waals surface area contributed by atoms with E-state index in [9.17, 15) is 39.9 Å². The van der Waals surface area contributed by atoms with Crippen molar-refractivity contribution in [2.24, 2.45) is 52.8 Å². The number of methoxy groups -OCH3 is 3. The quantitative estimate of drug-likeness (QED) is 0.170. The van der Waals surface area contributed by atoms with Crippen LogP contribution in [0.1, 0.15) is 126 Å². The third-order valence-electron chi connectivity index (χ3n) is 16.9. The van der Waals surface area contributed by atoms with Gasteiger partial charge in [0.2, 0.25) is 5.79 Å². The lowest BCUT2D eigenvalue weighted by atomic mass is 9.50. The normalized spacial score (nSPS) is 46.6. The van der Waals surface area contributed by atoms with Gasteiger partial charge in [0, 0.05) is 57.5 Å². The molecule has 5 unspecified atom stereocenters. The number of ether oxygens (including phenoxy) is 5. The van der Waals surface area contributed by atoms with Gasteiger partial charge < -0.3 is 54.1 Å². The number of nitrogens with zero attached hydrogens (tertiary/aromatic N) is 1. The van der Waals surface area contributed by atoms with Crippen molar-refractivity contribution in [3.05, 3.63) is 35.5 Å². The zero-order valence-corrected chi connectivity index (χ0v) is 41.8. The second kappa shape index (κ2) is 23.4. The van der Waals surface area contributed by atoms with Crippen LogP contribution in [0, 0.1) is 52.8 Å². The zero-order valence-electron chi connectivity index (χ0n) is 41.8. The average molecular weight is 932 g/mol. The van der Waals surface area contributed by atoms with Crippen molar-refractivity contribution >= 4 is 17.7 Å². The van der Waals surface area contributed by atoms with E-state index < -0.39 is 101 Å². The van der Waals surface area contributed by atoms with Crippen molar-refractivity contribution in [1.82, 2.24) is 4.90 Å². The molecule has 19 atom stereocenters. The minimum absolute atomic E-state index is 0.000418. The van der Waals surface area contributed by atoms with Gasteiger partial charge in [-0.1, -0.05) is 71.4 Å². The molecule has 1 amide bonds. The van der Waals surface area contributed by atoms with Crippen LogP contribution >= 0.6 is 0 Å². The molecule has 0 aromatic rings. The van der Waals surface area contributed by atoms with Crippen LogP contribution in [0.15, 0.2) is 35.5 Å². The lowest BCUT2D eigenvalue weighted by Gasteiger charge is -2.58. The third kappa shape index (κ3) is 11.4. The van der Waals surface area contributed by atoms with Crippen LogP contribution in [-0.2, 0) is 38.1 Å². The molecule has 4 fully saturated rings. The first-order valence-electron chi connectivity index (χ1n) is 24.9. The highest BCUT2D eigenvalue weighted by Crippen LogP contribution is 2.57. The number of ketones is 1. The Hall–Kier alpha value is -2.53. The molecule has 2 saturated carbocycles. The third-order valence-corrected chi connectivity index (χ3v) is 16.9. The Balaban J connectivity index is 1.73. The molecule has 3 heterocycles. The Morgan fingerprint density at radius 3 is 2.15 bits per heavy atom. The molecular formula is C52H85NO13. The summed E-state index contributed by atoms with van der Waals surface area (Å²) in [6.07, 6.45) is 5.47. The number of aliphatic hydroxyl groups excluding tert-OH is 4. The van der Waals surface area contributed by atoms with Crippen LogP contribution in [0.2, 0.25) is 0 Å². The average Bonchev–Trinajstić information content (AvgIpc) is 3.43. The Kier molecular flexibility index (Phi) is 19.3. The van der Waals surface area contributed by atoms with Crippen molar-refractivity contribution in [2.75, 3.05) is 34.5 Å². The number of esters is 1. The fraction of sp³-hybridized carbons (Fsp3) is 0.827. The predicted octanol–water partition coefficient (Wildman–Crippen LogP) is 5.70. The summed E-state index contributed by atoms with van der Waals surface area (Å²) < 4.78 is 30.8. The van der Waals surface area contributed by atoms with E-state index >= 15 is 0 Å². The number of rotatable bonds is 4. The minimum Gasteiger partial charge on any atom is -0.460 e. The molecule has 66 heavy (non-hydrogen) atoms. The number of Topliss-reactive ketones (excluding diaryl/α,β-unsaturated/α-hetero) is 1. The van der Waals surface area contributed by atoms with Gasteiger partial charge in [0.05, 0.1) is 43.2 Å². The minimum atomic E-state index is -2.44. The molecule has 5 rings (SSSR count). The molecule has 0 aromatic carbocycles. The topological polar surface area (TPSA) is 202 Å². The summed E-state index contributed by atoms with van der Waals surface area (Å²) in [6, 6.07) is -1.17. The van der Waals surface area contributed by atoms with Gasteiger partial charge >= 0.3 is 5.97 Å². The van der Waals surface area contributed by atoms with Crippen molar-refractivity contribution < 1.29 is 63.6 Å². The Morgan fingerprint density at radius 1 is 0.773 bits per heavy atom. The molecule has 14 nitrogen and oxygen atoms in total. The Morgan fingerprint density at radius 2 is 1.48 bits per heavy atom. The fourth-order valence-electron chi connectivity index (χ4n) is 13.0. The van der Waals surface area contributed by atoms with Crippen LogP contribution in [0.5, 0.6) is 0 Å². The van der Waals surface area contributed by atoms with Gasteiger partial charge in [-0.25, -0.2) is 4.79 Å². The van der Waals surface area contributed by atoms with Crippen molar-refractivity contribution in [3.8, 4) is 0 Å². The van der Waals surface area contributed by atoms with Crippen molar-refractivity contribution in [2.45, 2.75) is 187 Å². The number of piperidine rings is 1. The van der Waals surface area contributed by atoms with Gasteiger partial charge in [-0.15, -0.1) is 0 Å². The highest BCUT2D eigenvalue weighted by molar-refractivity contribution is 6.39. The number of amides is 1. The van der Waals surface area contributed by atoms with Crippen molar-refractivity contribution in [1.29, 1.82) is 0 Å². The number of carbonyl (C=O) groups is 3. The first kappa shape index (κ1) is 54.4. The summed E-state index contributed by atoms with van der Waals surface area (Å²) in [5, 5.41) is 60.7. The standard InChI is InChI=1S/C52H85NO13/c1-29-15-14-16-30(2)24-35(7)51(38-20-21-40(54)43(26-38)62-9)36(8)42(27-41(55)31(3)25-32(4)44(56)46(64-11)47(51)57)66-50(60)39-17-12-13-22-53(39)49(59)48(58)52(61)34(6)18-19-37(28-65-52)45(63-10)33(5)23-29/h14-16,23,30-32,34-47,54-57,61H,12-13,17-22,24-28H2,1-11H3/b16-14+,29-15-,33-23+/t30-,31-,32?,34-,35-,36+,37?,38-,39-,40-,41?,42+,43-,44-,45-,46-,47?,51?,52-/m1/s1. The van der Waals surface area contributed by atoms with E-state index in [-0.39, 0.29) is 55.6 Å². The molecule has 376 valence electrons. The van der Waals surface area contributed by atoms with E-state index in [4.69, 9.17) is 23.7 Å². The molecule has 5 aliphatic rings. The van der Waals surface area contributed by atoms with E-state index in [1.54, 1.807) is 21.1 Å². The van der Waals surface area contributed by atoms with E-state index in [1.165, 1.54) is 12.0 Å². The maximum Gasteiger partial charge on any atom is 0.329 e. The molecule has 5 N–H and O–H groups in total. The molecule has 14 heteroatoms.